The fraction of sp³-hybridized carbons (Fsp3) is 0.167. The van der Waals surface area contributed by atoms with Crippen molar-refractivity contribution in [2.24, 2.45) is 7.05 Å². The molecule has 1 heterocycles. The summed E-state index contributed by atoms with van der Waals surface area (Å²) in [5.74, 6) is 0.488. The number of para-hydroxylation sites is 1. The zero-order chi connectivity index (χ0) is 20.5. The van der Waals surface area contributed by atoms with E-state index in [1.165, 1.54) is 24.4 Å². The first kappa shape index (κ1) is 20.2. The molecule has 0 aliphatic rings. The first-order valence-corrected chi connectivity index (χ1v) is 9.87. The molecule has 148 valence electrons. The van der Waals surface area contributed by atoms with Gasteiger partial charge in [0, 0.05) is 24.5 Å². The first-order valence-electron chi connectivity index (χ1n) is 8.01. The third-order valence-corrected chi connectivity index (χ3v) is 5.90. The van der Waals surface area contributed by atoms with Crippen LogP contribution in [-0.4, -0.2) is 23.5 Å². The van der Waals surface area contributed by atoms with Gasteiger partial charge >= 0.3 is 5.51 Å². The van der Waals surface area contributed by atoms with E-state index in [1.807, 2.05) is 0 Å². The van der Waals surface area contributed by atoms with Crippen molar-refractivity contribution in [1.82, 2.24) is 9.55 Å². The highest BCUT2D eigenvalue weighted by Gasteiger charge is 2.48. The molecule has 3 rings (SSSR count). The molecule has 28 heavy (non-hydrogen) atoms. The number of benzene rings is 2. The number of aryl methyl sites for hydroxylation is 1. The van der Waals surface area contributed by atoms with Crippen LogP contribution in [-0.2, 0) is 16.9 Å². The van der Waals surface area contributed by atoms with Gasteiger partial charge in [-0.05, 0) is 29.8 Å². The van der Waals surface area contributed by atoms with Crippen LogP contribution in [0, 0.1) is 0 Å². The quantitative estimate of drug-likeness (QED) is 0.645. The average molecular weight is 430 g/mol. The summed E-state index contributed by atoms with van der Waals surface area (Å²) in [4.78, 5) is 3.40. The van der Waals surface area contributed by atoms with E-state index in [2.05, 4.69) is 10.3 Å². The topological polar surface area (TPSA) is 64.0 Å². The lowest BCUT2D eigenvalue weighted by Crippen LogP contribution is -2.25. The molecular formula is C18H15ClF3N3O2S. The van der Waals surface area contributed by atoms with Crippen LogP contribution in [0.25, 0.3) is 0 Å². The normalized spacial score (nSPS) is 13.3. The summed E-state index contributed by atoms with van der Waals surface area (Å²) in [6, 6.07) is 10.8. The number of anilines is 1. The zero-order valence-corrected chi connectivity index (χ0v) is 16.1. The van der Waals surface area contributed by atoms with Gasteiger partial charge in [-0.3, -0.25) is 0 Å². The number of hydrogen-bond acceptors (Lipinski definition) is 4. The van der Waals surface area contributed by atoms with Gasteiger partial charge in [-0.25, -0.2) is 13.4 Å². The number of halogens is 4. The van der Waals surface area contributed by atoms with Crippen molar-refractivity contribution in [1.29, 1.82) is 0 Å². The molecule has 0 saturated carbocycles. The van der Waals surface area contributed by atoms with Crippen LogP contribution < -0.4 is 5.32 Å². The van der Waals surface area contributed by atoms with Gasteiger partial charge in [-0.15, -0.1) is 0 Å². The Hall–Kier alpha value is -2.52. The average Bonchev–Trinajstić information content (AvgIpc) is 3.05. The van der Waals surface area contributed by atoms with Gasteiger partial charge in [0.25, 0.3) is 9.84 Å². The lowest BCUT2D eigenvalue weighted by Gasteiger charge is -2.22. The minimum atomic E-state index is -5.53. The molecule has 2 aromatic carbocycles. The summed E-state index contributed by atoms with van der Waals surface area (Å²) in [6.45, 7) is 0. The Morgan fingerprint density at radius 3 is 2.32 bits per heavy atom. The van der Waals surface area contributed by atoms with E-state index in [0.29, 0.717) is 16.4 Å². The van der Waals surface area contributed by atoms with Crippen LogP contribution in [0.2, 0.25) is 5.02 Å². The molecule has 0 amide bonds. The molecule has 0 unspecified atom stereocenters. The molecule has 5 nitrogen and oxygen atoms in total. The molecule has 1 aromatic heterocycles. The number of rotatable bonds is 5. The first-order chi connectivity index (χ1) is 13.1. The van der Waals surface area contributed by atoms with E-state index in [4.69, 9.17) is 11.6 Å². The molecule has 0 saturated heterocycles. The number of imidazole rings is 1. The number of aromatic nitrogens is 2. The standard InChI is InChI=1S/C18H15ClF3N3O2S/c1-25-11-10-23-17(25)16(12-6-8-13(19)9-7-12)24-14-4-2-3-5-15(14)28(26,27)18(20,21)22/h2-11,16,24H,1H3/t16-/m1/s1. The SMILES string of the molecule is Cn1ccnc1[C@H](Nc1ccccc1S(=O)(=O)C(F)(F)F)c1ccc(Cl)cc1. The molecular weight excluding hydrogens is 415 g/mol. The Balaban J connectivity index is 2.11. The second kappa shape index (κ2) is 7.48. The monoisotopic (exact) mass is 429 g/mol. The molecule has 0 radical (unpaired) electrons. The number of nitrogens with one attached hydrogen (secondary N) is 1. The molecule has 1 atom stereocenters. The van der Waals surface area contributed by atoms with Crippen molar-refractivity contribution in [3.05, 3.63) is 77.3 Å². The summed E-state index contributed by atoms with van der Waals surface area (Å²) < 4.78 is 64.9. The van der Waals surface area contributed by atoms with Crippen LogP contribution >= 0.6 is 11.6 Å². The van der Waals surface area contributed by atoms with E-state index in [0.717, 1.165) is 6.07 Å². The number of sulfone groups is 1. The Bertz CT molecular complexity index is 1080. The van der Waals surface area contributed by atoms with E-state index in [9.17, 15) is 21.6 Å². The largest absolute Gasteiger partial charge is 0.501 e. The van der Waals surface area contributed by atoms with E-state index in [-0.39, 0.29) is 5.69 Å². The molecule has 0 aliphatic heterocycles. The lowest BCUT2D eigenvalue weighted by atomic mass is 10.1. The summed E-state index contributed by atoms with van der Waals surface area (Å²) in [5.41, 5.74) is -4.94. The van der Waals surface area contributed by atoms with Crippen LogP contribution in [0.5, 0.6) is 0 Å². The fourth-order valence-corrected chi connectivity index (χ4v) is 3.76. The van der Waals surface area contributed by atoms with Gasteiger partial charge < -0.3 is 9.88 Å². The number of alkyl halides is 3. The Morgan fingerprint density at radius 2 is 1.75 bits per heavy atom. The molecule has 0 aliphatic carbocycles. The van der Waals surface area contributed by atoms with Crippen molar-refractivity contribution >= 4 is 27.1 Å². The Labute approximate surface area is 164 Å². The van der Waals surface area contributed by atoms with Crippen molar-refractivity contribution in [3.8, 4) is 0 Å². The maximum absolute atomic E-state index is 13.1. The Kier molecular flexibility index (Phi) is 5.40. The molecule has 0 spiro atoms. The number of hydrogen-bond donors (Lipinski definition) is 1. The van der Waals surface area contributed by atoms with E-state index >= 15 is 0 Å². The highest BCUT2D eigenvalue weighted by atomic mass is 35.5. The van der Waals surface area contributed by atoms with Crippen molar-refractivity contribution in [2.45, 2.75) is 16.4 Å². The maximum Gasteiger partial charge on any atom is 0.501 e. The summed E-state index contributed by atoms with van der Waals surface area (Å²) >= 11 is 5.92. The third-order valence-electron chi connectivity index (χ3n) is 4.10. The minimum Gasteiger partial charge on any atom is -0.370 e. The van der Waals surface area contributed by atoms with Crippen LogP contribution in [0.1, 0.15) is 17.4 Å². The highest BCUT2D eigenvalue weighted by molar-refractivity contribution is 7.92. The fourth-order valence-electron chi connectivity index (χ4n) is 2.71. The molecule has 3 aromatic rings. The van der Waals surface area contributed by atoms with Crippen LogP contribution in [0.15, 0.2) is 65.8 Å². The van der Waals surface area contributed by atoms with Gasteiger partial charge in [0.2, 0.25) is 0 Å². The van der Waals surface area contributed by atoms with Gasteiger partial charge in [0.05, 0.1) is 10.6 Å². The summed E-state index contributed by atoms with van der Waals surface area (Å²) in [5, 5.41) is 3.39. The van der Waals surface area contributed by atoms with Gasteiger partial charge in [-0.2, -0.15) is 13.2 Å². The summed E-state index contributed by atoms with van der Waals surface area (Å²) in [6.07, 6.45) is 3.22. The van der Waals surface area contributed by atoms with E-state index < -0.39 is 26.3 Å². The van der Waals surface area contributed by atoms with Crippen LogP contribution in [0.4, 0.5) is 18.9 Å². The molecule has 10 heteroatoms. The second-order valence-corrected chi connectivity index (χ2v) is 8.32. The van der Waals surface area contributed by atoms with E-state index in [1.54, 1.807) is 42.1 Å². The van der Waals surface area contributed by atoms with Crippen molar-refractivity contribution in [3.63, 3.8) is 0 Å². The predicted octanol–water partition coefficient (Wildman–Crippen LogP) is 4.57. The molecule has 1 N–H and O–H groups in total. The van der Waals surface area contributed by atoms with Crippen molar-refractivity contribution in [2.75, 3.05) is 5.32 Å². The van der Waals surface area contributed by atoms with Crippen molar-refractivity contribution < 1.29 is 21.6 Å². The molecule has 0 fully saturated rings. The van der Waals surface area contributed by atoms with Gasteiger partial charge in [0.1, 0.15) is 11.9 Å². The second-order valence-electron chi connectivity index (χ2n) is 5.97. The van der Waals surface area contributed by atoms with Crippen LogP contribution in [0.3, 0.4) is 0 Å². The van der Waals surface area contributed by atoms with Gasteiger partial charge in [0.15, 0.2) is 0 Å². The minimum absolute atomic E-state index is 0.178. The van der Waals surface area contributed by atoms with Gasteiger partial charge in [-0.1, -0.05) is 35.9 Å². The predicted molar refractivity (Wildman–Crippen MR) is 99.8 cm³/mol. The maximum atomic E-state index is 13.1. The smallest absolute Gasteiger partial charge is 0.370 e. The lowest BCUT2D eigenvalue weighted by molar-refractivity contribution is -0.0435. The zero-order valence-electron chi connectivity index (χ0n) is 14.5. The molecule has 0 bridgehead atoms. The number of nitrogens with zero attached hydrogens (tertiary/aromatic N) is 2. The Morgan fingerprint density at radius 1 is 1.11 bits per heavy atom. The highest BCUT2D eigenvalue weighted by Crippen LogP contribution is 2.36. The summed E-state index contributed by atoms with van der Waals surface area (Å²) in [7, 11) is -3.80. The third kappa shape index (κ3) is 3.85.